The lowest BCUT2D eigenvalue weighted by Crippen LogP contribution is -2.38. The molecule has 31 heavy (non-hydrogen) atoms. The van der Waals surface area contributed by atoms with Gasteiger partial charge in [0, 0.05) is 17.2 Å². The van der Waals surface area contributed by atoms with Gasteiger partial charge in [0.1, 0.15) is 17.3 Å². The summed E-state index contributed by atoms with van der Waals surface area (Å²) in [5.74, 6) is -1.73. The summed E-state index contributed by atoms with van der Waals surface area (Å²) in [6.45, 7) is 2.51. The van der Waals surface area contributed by atoms with E-state index in [1.165, 1.54) is 11.0 Å². The summed E-state index contributed by atoms with van der Waals surface area (Å²) >= 11 is 0. The molecule has 1 heterocycles. The zero-order valence-corrected chi connectivity index (χ0v) is 17.5. The average Bonchev–Trinajstić information content (AvgIpc) is 3.39. The van der Waals surface area contributed by atoms with Crippen LogP contribution in [0, 0.1) is 5.82 Å². The van der Waals surface area contributed by atoms with Crippen molar-refractivity contribution in [2.24, 2.45) is 0 Å². The van der Waals surface area contributed by atoms with Crippen LogP contribution in [0.1, 0.15) is 56.2 Å². The van der Waals surface area contributed by atoms with Crippen molar-refractivity contribution in [1.29, 1.82) is 0 Å². The van der Waals surface area contributed by atoms with E-state index >= 15 is 0 Å². The lowest BCUT2D eigenvalue weighted by Gasteiger charge is -2.30. The number of Topliss-reactive ketones (excluding diaryl/α,β-unsaturated/α-hetero) is 1. The normalized spacial score (nSPS) is 21.1. The molecule has 2 aromatic carbocycles. The lowest BCUT2D eigenvalue weighted by molar-refractivity contribution is -0.141. The molecule has 2 fully saturated rings. The van der Waals surface area contributed by atoms with Crippen LogP contribution in [0.5, 0.6) is 5.75 Å². The van der Waals surface area contributed by atoms with E-state index in [1.54, 1.807) is 42.5 Å². The number of aliphatic hydroxyl groups is 1. The molecule has 162 valence electrons. The van der Waals surface area contributed by atoms with Crippen molar-refractivity contribution in [3.05, 3.63) is 71.0 Å². The van der Waals surface area contributed by atoms with Crippen LogP contribution in [0.2, 0.25) is 0 Å². The summed E-state index contributed by atoms with van der Waals surface area (Å²) in [4.78, 5) is 27.6. The lowest BCUT2D eigenvalue weighted by atomic mass is 9.94. The van der Waals surface area contributed by atoms with Gasteiger partial charge in [-0.15, -0.1) is 0 Å². The number of carbonyl (C=O) groups is 2. The average molecular weight is 423 g/mol. The van der Waals surface area contributed by atoms with E-state index in [2.05, 4.69) is 0 Å². The standard InChI is InChI=1S/C25H26FNO4/c1-2-14-31-18-11-7-8-16(15-18)23(28)21-22(19-12-5-6-13-20(19)26)27(25(30)24(21)29)17-9-3-4-10-17/h5-8,11-13,15,17,22,28H,2-4,9-10,14H2,1H3/b23-21-. The summed E-state index contributed by atoms with van der Waals surface area (Å²) in [5, 5.41) is 11.1. The number of carbonyl (C=O) groups excluding carboxylic acids is 2. The van der Waals surface area contributed by atoms with E-state index in [4.69, 9.17) is 4.74 Å². The van der Waals surface area contributed by atoms with Crippen molar-refractivity contribution in [3.63, 3.8) is 0 Å². The predicted octanol–water partition coefficient (Wildman–Crippen LogP) is 4.98. The van der Waals surface area contributed by atoms with Gasteiger partial charge >= 0.3 is 0 Å². The quantitative estimate of drug-likeness (QED) is 0.404. The predicted molar refractivity (Wildman–Crippen MR) is 115 cm³/mol. The van der Waals surface area contributed by atoms with Gasteiger partial charge < -0.3 is 14.7 Å². The minimum Gasteiger partial charge on any atom is -0.507 e. The summed E-state index contributed by atoms with van der Waals surface area (Å²) in [6, 6.07) is 11.8. The molecule has 0 spiro atoms. The first-order valence-corrected chi connectivity index (χ1v) is 10.8. The van der Waals surface area contributed by atoms with Crippen LogP contribution in [0.25, 0.3) is 5.76 Å². The molecule has 1 amide bonds. The number of ether oxygens (including phenoxy) is 1. The molecule has 4 rings (SSSR count). The van der Waals surface area contributed by atoms with E-state index in [0.29, 0.717) is 17.9 Å². The third-order valence-electron chi connectivity index (χ3n) is 5.98. The van der Waals surface area contributed by atoms with E-state index in [0.717, 1.165) is 32.1 Å². The first-order chi connectivity index (χ1) is 15.0. The van der Waals surface area contributed by atoms with Gasteiger partial charge in [-0.05, 0) is 37.5 Å². The fourth-order valence-corrected chi connectivity index (χ4v) is 4.52. The number of amides is 1. The van der Waals surface area contributed by atoms with Crippen molar-refractivity contribution in [2.45, 2.75) is 51.1 Å². The summed E-state index contributed by atoms with van der Waals surface area (Å²) < 4.78 is 20.5. The van der Waals surface area contributed by atoms with Crippen LogP contribution in [0.4, 0.5) is 4.39 Å². The minimum atomic E-state index is -0.954. The summed E-state index contributed by atoms with van der Waals surface area (Å²) in [5.41, 5.74) is 0.502. The molecule has 1 saturated heterocycles. The number of likely N-dealkylation sites (tertiary alicyclic amines) is 1. The second-order valence-electron chi connectivity index (χ2n) is 8.04. The van der Waals surface area contributed by atoms with Crippen molar-refractivity contribution < 1.29 is 23.8 Å². The van der Waals surface area contributed by atoms with Crippen LogP contribution < -0.4 is 4.74 Å². The van der Waals surface area contributed by atoms with Crippen molar-refractivity contribution in [3.8, 4) is 5.75 Å². The van der Waals surface area contributed by atoms with Gasteiger partial charge in [0.2, 0.25) is 0 Å². The van der Waals surface area contributed by atoms with Crippen LogP contribution >= 0.6 is 0 Å². The fourth-order valence-electron chi connectivity index (χ4n) is 4.52. The maximum absolute atomic E-state index is 14.8. The Labute approximate surface area is 181 Å². The van der Waals surface area contributed by atoms with E-state index < -0.39 is 23.5 Å². The van der Waals surface area contributed by atoms with Gasteiger partial charge in [-0.25, -0.2) is 4.39 Å². The van der Waals surface area contributed by atoms with Gasteiger partial charge in [0.05, 0.1) is 18.2 Å². The zero-order chi connectivity index (χ0) is 22.0. The number of rotatable bonds is 6. The largest absolute Gasteiger partial charge is 0.507 e. The highest BCUT2D eigenvalue weighted by Crippen LogP contribution is 2.44. The van der Waals surface area contributed by atoms with Crippen LogP contribution in [0.15, 0.2) is 54.1 Å². The molecule has 2 aromatic rings. The Balaban J connectivity index is 1.85. The highest BCUT2D eigenvalue weighted by atomic mass is 19.1. The molecule has 0 radical (unpaired) electrons. The van der Waals surface area contributed by atoms with Crippen molar-refractivity contribution in [2.75, 3.05) is 6.61 Å². The topological polar surface area (TPSA) is 66.8 Å². The van der Waals surface area contributed by atoms with E-state index in [9.17, 15) is 19.1 Å². The maximum Gasteiger partial charge on any atom is 0.295 e. The van der Waals surface area contributed by atoms with E-state index in [1.807, 2.05) is 6.92 Å². The number of hydrogen-bond acceptors (Lipinski definition) is 4. The number of halogens is 1. The Morgan fingerprint density at radius 1 is 1.13 bits per heavy atom. The molecular formula is C25H26FNO4. The van der Waals surface area contributed by atoms with Gasteiger partial charge in [0.15, 0.2) is 0 Å². The first kappa shape index (κ1) is 21.1. The Kier molecular flexibility index (Phi) is 6.07. The van der Waals surface area contributed by atoms with Crippen LogP contribution in [0.3, 0.4) is 0 Å². The molecule has 2 aliphatic rings. The Morgan fingerprint density at radius 2 is 1.87 bits per heavy atom. The molecule has 6 heteroatoms. The Hall–Kier alpha value is -3.15. The third kappa shape index (κ3) is 3.94. The Morgan fingerprint density at radius 3 is 2.58 bits per heavy atom. The van der Waals surface area contributed by atoms with Crippen molar-refractivity contribution in [1.82, 2.24) is 4.90 Å². The molecule has 0 aromatic heterocycles. The minimum absolute atomic E-state index is 0.0744. The summed E-state index contributed by atoms with van der Waals surface area (Å²) in [6.07, 6.45) is 4.26. The molecule has 1 saturated carbocycles. The fraction of sp³-hybridized carbons (Fsp3) is 0.360. The second kappa shape index (κ2) is 8.92. The smallest absolute Gasteiger partial charge is 0.295 e. The zero-order valence-electron chi connectivity index (χ0n) is 17.5. The number of benzene rings is 2. The van der Waals surface area contributed by atoms with Crippen LogP contribution in [-0.4, -0.2) is 34.3 Å². The van der Waals surface area contributed by atoms with Gasteiger partial charge in [0.25, 0.3) is 11.7 Å². The number of aliphatic hydroxyl groups excluding tert-OH is 1. The molecule has 1 N–H and O–H groups in total. The maximum atomic E-state index is 14.8. The van der Waals surface area contributed by atoms with Gasteiger partial charge in [-0.3, -0.25) is 9.59 Å². The van der Waals surface area contributed by atoms with E-state index in [-0.39, 0.29) is 22.9 Å². The first-order valence-electron chi connectivity index (χ1n) is 10.8. The molecular weight excluding hydrogens is 397 g/mol. The molecule has 5 nitrogen and oxygen atoms in total. The molecule has 1 aliphatic heterocycles. The third-order valence-corrected chi connectivity index (χ3v) is 5.98. The van der Waals surface area contributed by atoms with Gasteiger partial charge in [-0.2, -0.15) is 0 Å². The van der Waals surface area contributed by atoms with Gasteiger partial charge in [-0.1, -0.05) is 50.1 Å². The number of nitrogens with zero attached hydrogens (tertiary/aromatic N) is 1. The highest BCUT2D eigenvalue weighted by molar-refractivity contribution is 6.46. The van der Waals surface area contributed by atoms with Crippen LogP contribution in [-0.2, 0) is 9.59 Å². The summed E-state index contributed by atoms with van der Waals surface area (Å²) in [7, 11) is 0. The van der Waals surface area contributed by atoms with Crippen molar-refractivity contribution >= 4 is 17.4 Å². The number of ketones is 1. The molecule has 1 unspecified atom stereocenters. The molecule has 1 atom stereocenters. The SMILES string of the molecule is CCCOc1cccc(/C(O)=C2/C(=O)C(=O)N(C3CCCC3)C2c2ccccc2F)c1. The Bertz CT molecular complexity index is 1030. The molecule has 1 aliphatic carbocycles. The second-order valence-corrected chi connectivity index (χ2v) is 8.04. The molecule has 0 bridgehead atoms. The highest BCUT2D eigenvalue weighted by Gasteiger charge is 2.49. The monoisotopic (exact) mass is 423 g/mol. The number of hydrogen-bond donors (Lipinski definition) is 1.